The monoisotopic (exact) mass is 454 g/mol. The summed E-state index contributed by atoms with van der Waals surface area (Å²) in [6, 6.07) is 0. The van der Waals surface area contributed by atoms with Crippen LogP contribution in [-0.2, 0) is 19.1 Å². The van der Waals surface area contributed by atoms with Crippen molar-refractivity contribution in [1.82, 2.24) is 9.80 Å². The first-order valence-electron chi connectivity index (χ1n) is 12.4. The highest BCUT2D eigenvalue weighted by Gasteiger charge is 2.19. The summed E-state index contributed by atoms with van der Waals surface area (Å²) in [7, 11) is 0. The molecule has 0 bridgehead atoms. The summed E-state index contributed by atoms with van der Waals surface area (Å²) in [4.78, 5) is 28.2. The fourth-order valence-corrected chi connectivity index (χ4v) is 4.40. The van der Waals surface area contributed by atoms with Gasteiger partial charge in [0, 0.05) is 37.3 Å². The van der Waals surface area contributed by atoms with E-state index in [2.05, 4.69) is 9.80 Å². The minimum atomic E-state index is -1.08. The Morgan fingerprint density at radius 3 is 1.25 bits per heavy atom. The Labute approximate surface area is 192 Å². The number of rotatable bonds is 16. The van der Waals surface area contributed by atoms with Gasteiger partial charge in [0.1, 0.15) is 0 Å². The minimum absolute atomic E-state index is 0.0963. The second-order valence-corrected chi connectivity index (χ2v) is 8.80. The molecule has 8 nitrogen and oxygen atoms in total. The highest BCUT2D eigenvalue weighted by atomic mass is 16.5. The quantitative estimate of drug-likeness (QED) is 0.271. The lowest BCUT2D eigenvalue weighted by Gasteiger charge is -2.26. The third-order valence-corrected chi connectivity index (χ3v) is 6.39. The summed E-state index contributed by atoms with van der Waals surface area (Å²) in [6.07, 6.45) is 8.22. The van der Waals surface area contributed by atoms with Crippen molar-refractivity contribution in [2.75, 3.05) is 65.7 Å². The lowest BCUT2D eigenvalue weighted by Crippen LogP contribution is -2.36. The Bertz CT molecular complexity index is 533. The summed E-state index contributed by atoms with van der Waals surface area (Å²) < 4.78 is 10.7. The Morgan fingerprint density at radius 2 is 0.906 bits per heavy atom. The molecule has 0 atom stereocenters. The third-order valence-electron chi connectivity index (χ3n) is 6.39. The highest BCUT2D eigenvalue weighted by molar-refractivity contribution is 5.98. The third kappa shape index (κ3) is 10.9. The van der Waals surface area contributed by atoms with Gasteiger partial charge in [-0.3, -0.25) is 9.80 Å². The summed E-state index contributed by atoms with van der Waals surface area (Å²) in [5.41, 5.74) is 0.193. The molecule has 2 N–H and O–H groups in total. The van der Waals surface area contributed by atoms with Crippen LogP contribution in [0.15, 0.2) is 11.1 Å². The maximum absolute atomic E-state index is 11.7. The van der Waals surface area contributed by atoms with E-state index < -0.39 is 11.9 Å². The van der Waals surface area contributed by atoms with Crippen LogP contribution in [0.3, 0.4) is 0 Å². The van der Waals surface area contributed by atoms with Crippen molar-refractivity contribution in [2.45, 2.75) is 64.2 Å². The van der Waals surface area contributed by atoms with E-state index in [0.29, 0.717) is 12.8 Å². The molecule has 0 radical (unpaired) electrons. The second-order valence-electron chi connectivity index (χ2n) is 8.80. The van der Waals surface area contributed by atoms with Crippen LogP contribution in [0.5, 0.6) is 0 Å². The number of hydrogen-bond donors (Lipinski definition) is 2. The Hall–Kier alpha value is -1.48. The van der Waals surface area contributed by atoms with Gasteiger partial charge in [-0.25, -0.2) is 9.59 Å². The first-order valence-corrected chi connectivity index (χ1v) is 12.4. The van der Waals surface area contributed by atoms with Crippen LogP contribution in [0, 0.1) is 0 Å². The average Bonchev–Trinajstić information content (AvgIpc) is 2.80. The van der Waals surface area contributed by atoms with Gasteiger partial charge in [-0.15, -0.1) is 0 Å². The molecule has 32 heavy (non-hydrogen) atoms. The van der Waals surface area contributed by atoms with Crippen LogP contribution >= 0.6 is 0 Å². The van der Waals surface area contributed by atoms with Gasteiger partial charge in [0.05, 0.1) is 26.4 Å². The van der Waals surface area contributed by atoms with Gasteiger partial charge in [-0.05, 0) is 51.6 Å². The molecule has 0 aliphatic carbocycles. The second kappa shape index (κ2) is 16.2. The van der Waals surface area contributed by atoms with Gasteiger partial charge in [0.25, 0.3) is 0 Å². The van der Waals surface area contributed by atoms with E-state index >= 15 is 0 Å². The summed E-state index contributed by atoms with van der Waals surface area (Å²) in [5.74, 6) is -2.16. The van der Waals surface area contributed by atoms with Gasteiger partial charge in [-0.1, -0.05) is 25.7 Å². The molecule has 2 heterocycles. The lowest BCUT2D eigenvalue weighted by molar-refractivity contribution is -0.136. The molecule has 0 aromatic carbocycles. The van der Waals surface area contributed by atoms with E-state index in [9.17, 15) is 19.8 Å². The number of ether oxygens (including phenoxy) is 2. The molecule has 2 rings (SSSR count). The molecule has 0 spiro atoms. The van der Waals surface area contributed by atoms with Gasteiger partial charge >= 0.3 is 11.9 Å². The Kier molecular flexibility index (Phi) is 13.5. The summed E-state index contributed by atoms with van der Waals surface area (Å²) in [5, 5.41) is 19.2. The van der Waals surface area contributed by atoms with Crippen LogP contribution in [0.4, 0.5) is 0 Å². The Balaban J connectivity index is 1.64. The van der Waals surface area contributed by atoms with E-state index in [-0.39, 0.29) is 11.1 Å². The van der Waals surface area contributed by atoms with Crippen molar-refractivity contribution < 1.29 is 29.3 Å². The maximum Gasteiger partial charge on any atom is 0.332 e. The highest BCUT2D eigenvalue weighted by Crippen LogP contribution is 2.21. The minimum Gasteiger partial charge on any atom is -0.478 e. The van der Waals surface area contributed by atoms with Gasteiger partial charge in [-0.2, -0.15) is 0 Å². The molecule has 0 amide bonds. The van der Waals surface area contributed by atoms with Crippen LogP contribution in [0.25, 0.3) is 0 Å². The number of carboxylic acids is 2. The molecule has 0 unspecified atom stereocenters. The Morgan fingerprint density at radius 1 is 0.562 bits per heavy atom. The zero-order valence-corrected chi connectivity index (χ0v) is 19.6. The molecule has 0 aromatic rings. The number of hydrogen-bond acceptors (Lipinski definition) is 6. The molecular formula is C24H42N2O6. The molecule has 2 saturated heterocycles. The molecule has 2 aliphatic heterocycles. The van der Waals surface area contributed by atoms with Crippen molar-refractivity contribution >= 4 is 11.9 Å². The van der Waals surface area contributed by atoms with Crippen LogP contribution in [-0.4, -0.2) is 97.6 Å². The fourth-order valence-electron chi connectivity index (χ4n) is 4.40. The molecule has 0 saturated carbocycles. The van der Waals surface area contributed by atoms with Gasteiger partial charge < -0.3 is 19.7 Å². The van der Waals surface area contributed by atoms with Crippen molar-refractivity contribution in [2.24, 2.45) is 0 Å². The molecule has 184 valence electrons. The maximum atomic E-state index is 11.7. The number of carbonyl (C=O) groups is 2. The standard InChI is InChI=1S/C24H42N2O6/c27-23(28)21(9-5-1-3-7-11-25-13-17-31-18-14-25)22(24(29)30)10-6-2-4-8-12-26-15-19-32-20-16-26/h1-20H2,(H,27,28)(H,29,30)/b22-21+. The smallest absolute Gasteiger partial charge is 0.332 e. The van der Waals surface area contributed by atoms with E-state index in [1.54, 1.807) is 0 Å². The van der Waals surface area contributed by atoms with Gasteiger partial charge in [0.15, 0.2) is 0 Å². The largest absolute Gasteiger partial charge is 0.478 e. The first kappa shape index (κ1) is 26.8. The van der Waals surface area contributed by atoms with Crippen molar-refractivity contribution in [1.29, 1.82) is 0 Å². The zero-order chi connectivity index (χ0) is 23.0. The zero-order valence-electron chi connectivity index (χ0n) is 19.6. The molecule has 0 aromatic heterocycles. The lowest BCUT2D eigenvalue weighted by atomic mass is 9.96. The number of aliphatic carboxylic acids is 2. The number of morpholine rings is 2. The van der Waals surface area contributed by atoms with Crippen LogP contribution in [0.2, 0.25) is 0 Å². The summed E-state index contributed by atoms with van der Waals surface area (Å²) >= 11 is 0. The predicted octanol–water partition coefficient (Wildman–Crippen LogP) is 3.02. The van der Waals surface area contributed by atoms with Crippen LogP contribution in [0.1, 0.15) is 64.2 Å². The fraction of sp³-hybridized carbons (Fsp3) is 0.833. The molecule has 8 heteroatoms. The van der Waals surface area contributed by atoms with Crippen LogP contribution < -0.4 is 0 Å². The predicted molar refractivity (Wildman–Crippen MR) is 123 cm³/mol. The summed E-state index contributed by atoms with van der Waals surface area (Å²) in [6.45, 7) is 9.27. The van der Waals surface area contributed by atoms with Gasteiger partial charge in [0.2, 0.25) is 0 Å². The average molecular weight is 455 g/mol. The van der Waals surface area contributed by atoms with Crippen molar-refractivity contribution in [3.05, 3.63) is 11.1 Å². The molecule has 2 aliphatic rings. The molecular weight excluding hydrogens is 412 g/mol. The van der Waals surface area contributed by atoms with E-state index in [4.69, 9.17) is 9.47 Å². The normalized spacial score (nSPS) is 19.0. The topological polar surface area (TPSA) is 99.5 Å². The number of carboxylic acid groups (broad SMARTS) is 2. The van der Waals surface area contributed by atoms with Crippen molar-refractivity contribution in [3.8, 4) is 0 Å². The van der Waals surface area contributed by atoms with E-state index in [1.807, 2.05) is 0 Å². The number of unbranched alkanes of at least 4 members (excludes halogenated alkanes) is 6. The SMILES string of the molecule is O=C(O)/C(CCCCCCN1CCOCC1)=C(\CCCCCCN1CCOCC1)C(=O)O. The van der Waals surface area contributed by atoms with Crippen molar-refractivity contribution in [3.63, 3.8) is 0 Å². The first-order chi connectivity index (χ1) is 15.6. The van der Waals surface area contributed by atoms with E-state index in [1.165, 1.54) is 0 Å². The van der Waals surface area contributed by atoms with E-state index in [0.717, 1.165) is 117 Å². The number of nitrogens with zero attached hydrogens (tertiary/aromatic N) is 2. The molecule has 2 fully saturated rings.